The van der Waals surface area contributed by atoms with Crippen LogP contribution in [0.4, 0.5) is 5.69 Å². The van der Waals surface area contributed by atoms with Crippen molar-refractivity contribution in [1.82, 2.24) is 0 Å². The van der Waals surface area contributed by atoms with Gasteiger partial charge in [0.2, 0.25) is 0 Å². The van der Waals surface area contributed by atoms with Gasteiger partial charge in [-0.1, -0.05) is 29.8 Å². The van der Waals surface area contributed by atoms with Gasteiger partial charge >= 0.3 is 0 Å². The van der Waals surface area contributed by atoms with Crippen LogP contribution in [-0.2, 0) is 16.4 Å². The maximum atomic E-state index is 13.0. The Balaban J connectivity index is 2.02. The normalized spacial score (nSPS) is 14.4. The monoisotopic (exact) mass is 329 g/mol. The van der Waals surface area contributed by atoms with Crippen molar-refractivity contribution in [2.75, 3.05) is 10.8 Å². The fourth-order valence-electron chi connectivity index (χ4n) is 2.93. The molecule has 0 atom stereocenters. The number of nitrogens with zero attached hydrogens (tertiary/aromatic N) is 1. The summed E-state index contributed by atoms with van der Waals surface area (Å²) in [5.41, 5.74) is 3.48. The molecule has 23 heavy (non-hydrogen) atoms. The van der Waals surface area contributed by atoms with Crippen molar-refractivity contribution >= 4 is 21.5 Å². The van der Waals surface area contributed by atoms with Crippen LogP contribution in [0.1, 0.15) is 34.8 Å². The zero-order valence-corrected chi connectivity index (χ0v) is 14.1. The molecular formula is C18H19NO3S. The first-order valence-electron chi connectivity index (χ1n) is 7.63. The summed E-state index contributed by atoms with van der Waals surface area (Å²) in [5.74, 6) is -0.0762. The average Bonchev–Trinajstić information content (AvgIpc) is 2.54. The Labute approximate surface area is 136 Å². The minimum absolute atomic E-state index is 0.0762. The first-order chi connectivity index (χ1) is 10.9. The molecule has 0 aliphatic carbocycles. The third kappa shape index (κ3) is 2.88. The molecule has 0 saturated heterocycles. The molecule has 0 spiro atoms. The van der Waals surface area contributed by atoms with Gasteiger partial charge in [-0.3, -0.25) is 9.10 Å². The SMILES string of the molecule is CC(=O)c1ccc(S(=O)(=O)N2CCCc3cc(C)ccc32)cc1. The second-order valence-electron chi connectivity index (χ2n) is 5.89. The molecule has 0 amide bonds. The van der Waals surface area contributed by atoms with Crippen molar-refractivity contribution in [3.63, 3.8) is 0 Å². The second-order valence-corrected chi connectivity index (χ2v) is 7.76. The Bertz CT molecular complexity index is 854. The van der Waals surface area contributed by atoms with E-state index in [2.05, 4.69) is 6.07 Å². The number of carbonyl (C=O) groups is 1. The van der Waals surface area contributed by atoms with Crippen LogP contribution in [0, 0.1) is 6.92 Å². The molecule has 4 nitrogen and oxygen atoms in total. The number of sulfonamides is 1. The molecule has 5 heteroatoms. The third-order valence-corrected chi connectivity index (χ3v) is 5.99. The quantitative estimate of drug-likeness (QED) is 0.812. The highest BCUT2D eigenvalue weighted by Gasteiger charge is 2.29. The number of carbonyl (C=O) groups excluding carboxylic acids is 1. The Morgan fingerprint density at radius 2 is 1.78 bits per heavy atom. The van der Waals surface area contributed by atoms with E-state index in [0.717, 1.165) is 29.7 Å². The maximum absolute atomic E-state index is 13.0. The van der Waals surface area contributed by atoms with Crippen LogP contribution >= 0.6 is 0 Å². The summed E-state index contributed by atoms with van der Waals surface area (Å²) in [4.78, 5) is 11.6. The van der Waals surface area contributed by atoms with Gasteiger partial charge in [0.15, 0.2) is 5.78 Å². The standard InChI is InChI=1S/C18H19NO3S/c1-13-5-10-18-16(12-13)4-3-11-19(18)23(21,22)17-8-6-15(7-9-17)14(2)20/h5-10,12H,3-4,11H2,1-2H3. The van der Waals surface area contributed by atoms with E-state index in [4.69, 9.17) is 0 Å². The van der Waals surface area contributed by atoms with E-state index < -0.39 is 10.0 Å². The zero-order chi connectivity index (χ0) is 16.6. The van der Waals surface area contributed by atoms with Crippen LogP contribution in [0.2, 0.25) is 0 Å². The number of Topliss-reactive ketones (excluding diaryl/α,β-unsaturated/α-hetero) is 1. The average molecular weight is 329 g/mol. The number of ketones is 1. The minimum atomic E-state index is -3.61. The molecule has 120 valence electrons. The predicted molar refractivity (Wildman–Crippen MR) is 90.5 cm³/mol. The second kappa shape index (κ2) is 5.81. The van der Waals surface area contributed by atoms with Crippen molar-refractivity contribution in [3.8, 4) is 0 Å². The highest BCUT2D eigenvalue weighted by atomic mass is 32.2. The summed E-state index contributed by atoms with van der Waals surface area (Å²) in [6, 6.07) is 12.0. The van der Waals surface area contributed by atoms with E-state index in [0.29, 0.717) is 12.1 Å². The van der Waals surface area contributed by atoms with Gasteiger partial charge in [-0.25, -0.2) is 8.42 Å². The predicted octanol–water partition coefficient (Wildman–Crippen LogP) is 3.34. The number of hydrogen-bond donors (Lipinski definition) is 0. The van der Waals surface area contributed by atoms with Gasteiger partial charge < -0.3 is 0 Å². The topological polar surface area (TPSA) is 54.5 Å². The largest absolute Gasteiger partial charge is 0.295 e. The van der Waals surface area contributed by atoms with Crippen molar-refractivity contribution < 1.29 is 13.2 Å². The lowest BCUT2D eigenvalue weighted by molar-refractivity contribution is 0.101. The first kappa shape index (κ1) is 15.7. The minimum Gasteiger partial charge on any atom is -0.295 e. The number of hydrogen-bond acceptors (Lipinski definition) is 3. The molecule has 0 aromatic heterocycles. The van der Waals surface area contributed by atoms with Gasteiger partial charge in [-0.15, -0.1) is 0 Å². The molecule has 1 aliphatic rings. The molecule has 0 unspecified atom stereocenters. The molecule has 0 N–H and O–H groups in total. The summed E-state index contributed by atoms with van der Waals surface area (Å²) in [5, 5.41) is 0. The van der Waals surface area contributed by atoms with E-state index in [1.165, 1.54) is 23.4 Å². The maximum Gasteiger partial charge on any atom is 0.264 e. The summed E-state index contributed by atoms with van der Waals surface area (Å²) >= 11 is 0. The van der Waals surface area contributed by atoms with Crippen molar-refractivity contribution in [2.45, 2.75) is 31.6 Å². The van der Waals surface area contributed by atoms with Gasteiger partial charge in [0, 0.05) is 12.1 Å². The van der Waals surface area contributed by atoms with Crippen molar-refractivity contribution in [1.29, 1.82) is 0 Å². The Morgan fingerprint density at radius 3 is 2.43 bits per heavy atom. The molecule has 1 heterocycles. The Kier molecular flexibility index (Phi) is 3.98. The van der Waals surface area contributed by atoms with Gasteiger partial charge in [0.05, 0.1) is 10.6 Å². The van der Waals surface area contributed by atoms with Crippen LogP contribution in [0.15, 0.2) is 47.4 Å². The van der Waals surface area contributed by atoms with Crippen LogP contribution in [0.5, 0.6) is 0 Å². The van der Waals surface area contributed by atoms with Crippen molar-refractivity contribution in [3.05, 3.63) is 59.2 Å². The summed E-state index contributed by atoms with van der Waals surface area (Å²) in [7, 11) is -3.61. The number of fused-ring (bicyclic) bond motifs is 1. The molecule has 2 aromatic carbocycles. The molecule has 2 aromatic rings. The summed E-state index contributed by atoms with van der Waals surface area (Å²) < 4.78 is 27.4. The molecule has 0 bridgehead atoms. The number of aryl methyl sites for hydroxylation is 2. The first-order valence-corrected chi connectivity index (χ1v) is 9.07. The lowest BCUT2D eigenvalue weighted by Crippen LogP contribution is -2.35. The van der Waals surface area contributed by atoms with E-state index in [-0.39, 0.29) is 10.7 Å². The van der Waals surface area contributed by atoms with Crippen LogP contribution < -0.4 is 4.31 Å². The fourth-order valence-corrected chi connectivity index (χ4v) is 4.47. The molecule has 3 rings (SSSR count). The van der Waals surface area contributed by atoms with E-state index >= 15 is 0 Å². The molecular weight excluding hydrogens is 310 g/mol. The number of rotatable bonds is 3. The highest BCUT2D eigenvalue weighted by molar-refractivity contribution is 7.92. The zero-order valence-electron chi connectivity index (χ0n) is 13.2. The van der Waals surface area contributed by atoms with E-state index in [1.54, 1.807) is 12.1 Å². The highest BCUT2D eigenvalue weighted by Crippen LogP contribution is 2.32. The van der Waals surface area contributed by atoms with E-state index in [9.17, 15) is 13.2 Å². The van der Waals surface area contributed by atoms with Gasteiger partial charge in [-0.05, 0) is 50.5 Å². The number of anilines is 1. The summed E-state index contributed by atoms with van der Waals surface area (Å²) in [6.07, 6.45) is 1.70. The van der Waals surface area contributed by atoms with Crippen LogP contribution in [-0.4, -0.2) is 20.7 Å². The lowest BCUT2D eigenvalue weighted by Gasteiger charge is -2.30. The Morgan fingerprint density at radius 1 is 1.09 bits per heavy atom. The third-order valence-electron chi connectivity index (χ3n) is 4.16. The van der Waals surface area contributed by atoms with Gasteiger partial charge in [-0.2, -0.15) is 0 Å². The smallest absolute Gasteiger partial charge is 0.264 e. The molecule has 0 saturated carbocycles. The summed E-state index contributed by atoms with van der Waals surface area (Å²) in [6.45, 7) is 3.95. The lowest BCUT2D eigenvalue weighted by atomic mass is 10.0. The van der Waals surface area contributed by atoms with Gasteiger partial charge in [0.25, 0.3) is 10.0 Å². The molecule has 0 fully saturated rings. The fraction of sp³-hybridized carbons (Fsp3) is 0.278. The van der Waals surface area contributed by atoms with Crippen molar-refractivity contribution in [2.24, 2.45) is 0 Å². The van der Waals surface area contributed by atoms with Crippen LogP contribution in [0.3, 0.4) is 0 Å². The van der Waals surface area contributed by atoms with E-state index in [1.807, 2.05) is 19.1 Å². The molecule has 1 aliphatic heterocycles. The molecule has 0 radical (unpaired) electrons. The van der Waals surface area contributed by atoms with Gasteiger partial charge in [0.1, 0.15) is 0 Å². The van der Waals surface area contributed by atoms with Crippen LogP contribution in [0.25, 0.3) is 0 Å². The number of benzene rings is 2. The Hall–Kier alpha value is -2.14.